The molecule has 47 heavy (non-hydrogen) atoms. The van der Waals surface area contributed by atoms with E-state index >= 15 is 0 Å². The van der Waals surface area contributed by atoms with E-state index in [4.69, 9.17) is 18.9 Å². The molecule has 1 saturated carbocycles. The number of hydrogen-bond donors (Lipinski definition) is 2. The molecule has 3 aliphatic rings. The van der Waals surface area contributed by atoms with E-state index in [1.54, 1.807) is 17.0 Å². The zero-order valence-corrected chi connectivity index (χ0v) is 28.5. The highest BCUT2D eigenvalue weighted by atomic mass is 16.7. The molecule has 0 radical (unpaired) electrons. The molecular weight excluding hydrogens is 598 g/mol. The van der Waals surface area contributed by atoms with Crippen LogP contribution in [0, 0.1) is 11.8 Å². The Kier molecular flexibility index (Phi) is 12.4. The number of amides is 2. The Bertz CT molecular complexity index is 1350. The number of likely N-dealkylation sites (N-methyl/N-ethyl adjacent to an activating group) is 1. The van der Waals surface area contributed by atoms with Crippen LogP contribution < -0.4 is 19.5 Å². The maximum atomic E-state index is 14.4. The monoisotopic (exact) mass is 651 g/mol. The highest BCUT2D eigenvalue weighted by Gasteiger charge is 2.31. The Morgan fingerprint density at radius 1 is 1.00 bits per heavy atom. The van der Waals surface area contributed by atoms with Crippen molar-refractivity contribution in [2.24, 2.45) is 11.8 Å². The van der Waals surface area contributed by atoms with Gasteiger partial charge in [0.2, 0.25) is 12.7 Å². The van der Waals surface area contributed by atoms with Crippen molar-refractivity contribution in [2.45, 2.75) is 96.9 Å². The molecule has 2 aromatic carbocycles. The molecule has 2 aliphatic heterocycles. The van der Waals surface area contributed by atoms with E-state index in [0.717, 1.165) is 62.0 Å². The van der Waals surface area contributed by atoms with Gasteiger partial charge in [0.05, 0.1) is 30.4 Å². The average Bonchev–Trinajstić information content (AvgIpc) is 3.54. The van der Waals surface area contributed by atoms with Gasteiger partial charge in [-0.1, -0.05) is 32.3 Å². The second kappa shape index (κ2) is 16.7. The van der Waals surface area contributed by atoms with Gasteiger partial charge in [0, 0.05) is 43.8 Å². The molecule has 0 spiro atoms. The van der Waals surface area contributed by atoms with Crippen molar-refractivity contribution >= 4 is 17.5 Å². The molecule has 10 heteroatoms. The fraction of sp³-hybridized carbons (Fsp3) is 0.622. The molecule has 258 valence electrons. The van der Waals surface area contributed by atoms with Gasteiger partial charge in [-0.3, -0.25) is 14.5 Å². The number of carbonyl (C=O) groups is 2. The standard InChI is InChI=1S/C37H53N3O7/c1-25-20-40(26(2)23-41)37(43)31-19-30(38-36(42)29-11-6-5-7-12-29)14-16-32(31)47-27(3)10-8-9-17-44-35(25)22-39(4)21-28-13-15-33-34(18-28)46-24-45-33/h13-16,18-19,25-27,29,35,41H,5-12,17,20-24H2,1-4H3,(H,38,42)/t25-,26-,27+,35+/m1/s1. The van der Waals surface area contributed by atoms with Gasteiger partial charge in [-0.15, -0.1) is 0 Å². The first-order chi connectivity index (χ1) is 22.7. The number of hydrogen-bond acceptors (Lipinski definition) is 8. The SMILES string of the molecule is C[C@@H]1CN([C@H](C)CO)C(=O)c2cc(NC(=O)C3CCCCC3)ccc2O[C@@H](C)CCCCO[C@H]1CN(C)Cc1ccc2c(c1)OCO2. The maximum absolute atomic E-state index is 14.4. The highest BCUT2D eigenvalue weighted by molar-refractivity contribution is 6.00. The number of aliphatic hydroxyl groups is 1. The Morgan fingerprint density at radius 3 is 2.53 bits per heavy atom. The van der Waals surface area contributed by atoms with Crippen LogP contribution in [0.4, 0.5) is 5.69 Å². The van der Waals surface area contributed by atoms with Gasteiger partial charge < -0.3 is 34.3 Å². The molecule has 1 fully saturated rings. The van der Waals surface area contributed by atoms with E-state index in [0.29, 0.717) is 43.2 Å². The lowest BCUT2D eigenvalue weighted by Crippen LogP contribution is -2.47. The lowest BCUT2D eigenvalue weighted by Gasteiger charge is -2.36. The second-order valence-corrected chi connectivity index (χ2v) is 13.7. The number of nitrogens with one attached hydrogen (secondary N) is 1. The molecule has 2 heterocycles. The summed E-state index contributed by atoms with van der Waals surface area (Å²) in [5.74, 6) is 1.76. The first-order valence-corrected chi connectivity index (χ1v) is 17.4. The highest BCUT2D eigenvalue weighted by Crippen LogP contribution is 2.33. The Labute approximate surface area is 279 Å². The van der Waals surface area contributed by atoms with Crippen LogP contribution in [0.5, 0.6) is 17.2 Å². The molecule has 0 aromatic heterocycles. The molecular formula is C37H53N3O7. The van der Waals surface area contributed by atoms with Gasteiger partial charge in [-0.25, -0.2) is 0 Å². The number of benzene rings is 2. The van der Waals surface area contributed by atoms with E-state index < -0.39 is 6.04 Å². The van der Waals surface area contributed by atoms with Gasteiger partial charge in [0.15, 0.2) is 11.5 Å². The summed E-state index contributed by atoms with van der Waals surface area (Å²) in [4.78, 5) is 31.5. The molecule has 10 nitrogen and oxygen atoms in total. The van der Waals surface area contributed by atoms with E-state index in [1.165, 1.54) is 6.42 Å². The fourth-order valence-electron chi connectivity index (χ4n) is 6.79. The van der Waals surface area contributed by atoms with Crippen LogP contribution in [-0.2, 0) is 16.1 Å². The first-order valence-electron chi connectivity index (χ1n) is 17.4. The quantitative estimate of drug-likeness (QED) is 0.365. The summed E-state index contributed by atoms with van der Waals surface area (Å²) in [6.07, 6.45) is 7.49. The third kappa shape index (κ3) is 9.39. The number of carbonyl (C=O) groups excluding carboxylic acids is 2. The fourth-order valence-corrected chi connectivity index (χ4v) is 6.79. The van der Waals surface area contributed by atoms with Crippen LogP contribution in [0.3, 0.4) is 0 Å². The van der Waals surface area contributed by atoms with Crippen LogP contribution >= 0.6 is 0 Å². The Morgan fingerprint density at radius 2 is 1.74 bits per heavy atom. The molecule has 5 rings (SSSR count). The summed E-state index contributed by atoms with van der Waals surface area (Å²) in [7, 11) is 2.07. The maximum Gasteiger partial charge on any atom is 0.258 e. The van der Waals surface area contributed by atoms with Crippen LogP contribution in [0.2, 0.25) is 0 Å². The topological polar surface area (TPSA) is 110 Å². The van der Waals surface area contributed by atoms with Crippen LogP contribution in [0.1, 0.15) is 88.1 Å². The Hall–Kier alpha value is -3.34. The van der Waals surface area contributed by atoms with Crippen LogP contribution in [-0.4, -0.2) is 85.1 Å². The summed E-state index contributed by atoms with van der Waals surface area (Å²) in [6.45, 7) is 8.41. The zero-order valence-electron chi connectivity index (χ0n) is 28.5. The van der Waals surface area contributed by atoms with Crippen molar-refractivity contribution < 1.29 is 33.6 Å². The van der Waals surface area contributed by atoms with Crippen molar-refractivity contribution in [3.8, 4) is 17.2 Å². The van der Waals surface area contributed by atoms with E-state index in [9.17, 15) is 14.7 Å². The number of ether oxygens (including phenoxy) is 4. The van der Waals surface area contributed by atoms with Gasteiger partial charge in [-0.2, -0.15) is 0 Å². The zero-order chi connectivity index (χ0) is 33.3. The van der Waals surface area contributed by atoms with Gasteiger partial charge in [0.1, 0.15) is 5.75 Å². The number of rotatable bonds is 8. The lowest BCUT2D eigenvalue weighted by atomic mass is 9.88. The van der Waals surface area contributed by atoms with Gasteiger partial charge in [0.25, 0.3) is 5.91 Å². The van der Waals surface area contributed by atoms with Crippen molar-refractivity contribution in [1.82, 2.24) is 9.80 Å². The number of aliphatic hydroxyl groups excluding tert-OH is 1. The van der Waals surface area contributed by atoms with Crippen molar-refractivity contribution in [2.75, 3.05) is 45.5 Å². The average molecular weight is 652 g/mol. The normalized spacial score (nSPS) is 23.5. The van der Waals surface area contributed by atoms with Crippen molar-refractivity contribution in [3.05, 3.63) is 47.5 Å². The molecule has 0 saturated heterocycles. The van der Waals surface area contributed by atoms with Crippen molar-refractivity contribution in [1.29, 1.82) is 0 Å². The van der Waals surface area contributed by atoms with Gasteiger partial charge in [-0.05, 0) is 88.9 Å². The van der Waals surface area contributed by atoms with Gasteiger partial charge >= 0.3 is 0 Å². The van der Waals surface area contributed by atoms with Crippen molar-refractivity contribution in [3.63, 3.8) is 0 Å². The molecule has 2 N–H and O–H groups in total. The molecule has 0 bridgehead atoms. The summed E-state index contributed by atoms with van der Waals surface area (Å²) >= 11 is 0. The first kappa shape index (κ1) is 35.0. The van der Waals surface area contributed by atoms with Crippen LogP contribution in [0.25, 0.3) is 0 Å². The molecule has 4 atom stereocenters. The van der Waals surface area contributed by atoms with Crippen LogP contribution in [0.15, 0.2) is 36.4 Å². The number of fused-ring (bicyclic) bond motifs is 2. The van der Waals surface area contributed by atoms with E-state index in [1.807, 2.05) is 32.0 Å². The molecule has 2 amide bonds. The predicted molar refractivity (Wildman–Crippen MR) is 181 cm³/mol. The molecule has 0 unspecified atom stereocenters. The molecule has 1 aliphatic carbocycles. The minimum atomic E-state index is -0.435. The Balaban J connectivity index is 1.36. The predicted octanol–water partition coefficient (Wildman–Crippen LogP) is 5.86. The summed E-state index contributed by atoms with van der Waals surface area (Å²) in [6, 6.07) is 11.0. The second-order valence-electron chi connectivity index (χ2n) is 13.7. The third-order valence-electron chi connectivity index (χ3n) is 9.68. The summed E-state index contributed by atoms with van der Waals surface area (Å²) in [5.41, 5.74) is 2.09. The molecule has 2 aromatic rings. The summed E-state index contributed by atoms with van der Waals surface area (Å²) < 4.78 is 23.9. The van der Waals surface area contributed by atoms with E-state index in [-0.39, 0.29) is 49.3 Å². The largest absolute Gasteiger partial charge is 0.490 e. The number of nitrogens with zero attached hydrogens (tertiary/aromatic N) is 2. The van der Waals surface area contributed by atoms with E-state index in [2.05, 4.69) is 30.3 Å². The smallest absolute Gasteiger partial charge is 0.258 e. The minimum absolute atomic E-state index is 0.00346. The summed E-state index contributed by atoms with van der Waals surface area (Å²) in [5, 5.41) is 13.3. The minimum Gasteiger partial charge on any atom is -0.490 e. The lowest BCUT2D eigenvalue weighted by molar-refractivity contribution is -0.120. The number of anilines is 1. The third-order valence-corrected chi connectivity index (χ3v) is 9.68.